The van der Waals surface area contributed by atoms with Crippen LogP contribution in [0.4, 0.5) is 0 Å². The molecule has 1 unspecified atom stereocenters. The molecule has 4 rings (SSSR count). The van der Waals surface area contributed by atoms with Gasteiger partial charge in [0.25, 0.3) is 5.91 Å². The molecule has 1 amide bonds. The number of esters is 1. The van der Waals surface area contributed by atoms with Gasteiger partial charge in [-0.3, -0.25) is 4.79 Å². The first-order valence-electron chi connectivity index (χ1n) is 10.2. The van der Waals surface area contributed by atoms with E-state index in [-0.39, 0.29) is 5.91 Å². The number of nitrogens with zero attached hydrogens (tertiary/aromatic N) is 2. The predicted molar refractivity (Wildman–Crippen MR) is 114 cm³/mol. The zero-order chi connectivity index (χ0) is 21.1. The molecule has 1 aromatic heterocycles. The van der Waals surface area contributed by atoms with Crippen LogP contribution in [0.1, 0.15) is 40.5 Å². The van der Waals surface area contributed by atoms with E-state index >= 15 is 0 Å². The molecule has 3 aromatic rings. The van der Waals surface area contributed by atoms with Crippen molar-refractivity contribution in [3.63, 3.8) is 0 Å². The second kappa shape index (κ2) is 8.14. The van der Waals surface area contributed by atoms with E-state index in [0.717, 1.165) is 35.3 Å². The summed E-state index contributed by atoms with van der Waals surface area (Å²) in [6.45, 7) is 4.17. The lowest BCUT2D eigenvalue weighted by molar-refractivity contribution is -0.139. The fourth-order valence-electron chi connectivity index (χ4n) is 3.78. The van der Waals surface area contributed by atoms with Crippen LogP contribution >= 0.6 is 0 Å². The van der Waals surface area contributed by atoms with Crippen molar-refractivity contribution >= 4 is 11.9 Å². The average Bonchev–Trinajstić information content (AvgIpc) is 3.12. The first-order valence-corrected chi connectivity index (χ1v) is 10.2. The van der Waals surface area contributed by atoms with E-state index in [1.807, 2.05) is 60.3 Å². The molecule has 0 aliphatic carbocycles. The Labute approximate surface area is 175 Å². The van der Waals surface area contributed by atoms with Crippen molar-refractivity contribution in [2.24, 2.45) is 0 Å². The lowest BCUT2D eigenvalue weighted by Gasteiger charge is -2.33. The van der Waals surface area contributed by atoms with Crippen molar-refractivity contribution in [3.05, 3.63) is 83.2 Å². The number of cyclic esters (lactones) is 1. The van der Waals surface area contributed by atoms with E-state index in [1.165, 1.54) is 0 Å². The van der Waals surface area contributed by atoms with Gasteiger partial charge in [0.05, 0.1) is 16.9 Å². The molecule has 0 saturated carbocycles. The first-order chi connectivity index (χ1) is 14.5. The second-order valence-corrected chi connectivity index (χ2v) is 7.83. The highest BCUT2D eigenvalue weighted by molar-refractivity contribution is 5.97. The number of rotatable bonds is 6. The molecular formula is C24H25N3O3. The minimum Gasteiger partial charge on any atom is -0.445 e. The van der Waals surface area contributed by atoms with Crippen LogP contribution in [0.25, 0.3) is 5.69 Å². The van der Waals surface area contributed by atoms with Gasteiger partial charge in [-0.1, -0.05) is 36.4 Å². The summed E-state index contributed by atoms with van der Waals surface area (Å²) in [6.07, 6.45) is 3.99. The lowest BCUT2D eigenvalue weighted by atomic mass is 9.89. The Kier molecular flexibility index (Phi) is 5.40. The SMILES string of the molecule is Cc1nn(-c2ccccc2)cc1CCCNC(=O)C1(C)Cc2ccccc2C(=O)O1. The third-order valence-corrected chi connectivity index (χ3v) is 5.49. The number of benzene rings is 2. The molecule has 6 heteroatoms. The van der Waals surface area contributed by atoms with Crippen molar-refractivity contribution < 1.29 is 14.3 Å². The van der Waals surface area contributed by atoms with Crippen molar-refractivity contribution in [2.75, 3.05) is 6.54 Å². The molecule has 1 N–H and O–H groups in total. The minimum atomic E-state index is -1.18. The summed E-state index contributed by atoms with van der Waals surface area (Å²) in [5, 5.41) is 7.51. The molecule has 0 fully saturated rings. The molecule has 0 radical (unpaired) electrons. The number of aromatic nitrogens is 2. The van der Waals surface area contributed by atoms with E-state index in [2.05, 4.69) is 10.4 Å². The highest BCUT2D eigenvalue weighted by Gasteiger charge is 2.42. The molecule has 154 valence electrons. The summed E-state index contributed by atoms with van der Waals surface area (Å²) in [4.78, 5) is 25.0. The number of amides is 1. The molecule has 1 aliphatic rings. The average molecular weight is 403 g/mol. The smallest absolute Gasteiger partial charge is 0.339 e. The number of aryl methyl sites for hydroxylation is 2. The van der Waals surface area contributed by atoms with Crippen LogP contribution in [-0.4, -0.2) is 33.8 Å². The zero-order valence-electron chi connectivity index (χ0n) is 17.2. The molecule has 30 heavy (non-hydrogen) atoms. The summed E-state index contributed by atoms with van der Waals surface area (Å²) in [6, 6.07) is 17.2. The van der Waals surface area contributed by atoms with Gasteiger partial charge < -0.3 is 10.1 Å². The van der Waals surface area contributed by atoms with Crippen molar-refractivity contribution in [3.8, 4) is 5.69 Å². The van der Waals surface area contributed by atoms with E-state index in [1.54, 1.807) is 19.1 Å². The van der Waals surface area contributed by atoms with Gasteiger partial charge in [0, 0.05) is 19.2 Å². The summed E-state index contributed by atoms with van der Waals surface area (Å²) >= 11 is 0. The van der Waals surface area contributed by atoms with Gasteiger partial charge in [0.1, 0.15) is 0 Å². The van der Waals surface area contributed by atoms with Crippen LogP contribution in [0.15, 0.2) is 60.8 Å². The summed E-state index contributed by atoms with van der Waals surface area (Å²) in [7, 11) is 0. The van der Waals surface area contributed by atoms with E-state index < -0.39 is 11.6 Å². The van der Waals surface area contributed by atoms with E-state index in [0.29, 0.717) is 18.5 Å². The number of para-hydroxylation sites is 1. The maximum Gasteiger partial charge on any atom is 0.339 e. The maximum absolute atomic E-state index is 12.7. The Morgan fingerprint density at radius 2 is 1.90 bits per heavy atom. The summed E-state index contributed by atoms with van der Waals surface area (Å²) < 4.78 is 7.36. The summed E-state index contributed by atoms with van der Waals surface area (Å²) in [5.74, 6) is -0.708. The van der Waals surface area contributed by atoms with Gasteiger partial charge in [0.15, 0.2) is 5.60 Å². The number of hydrogen-bond donors (Lipinski definition) is 1. The molecule has 1 aliphatic heterocycles. The standard InChI is InChI=1S/C24H25N3O3/c1-17-19(16-27(26-17)20-11-4-3-5-12-20)10-8-14-25-23(29)24(2)15-18-9-6-7-13-21(18)22(28)30-24/h3-7,9,11-13,16H,8,10,14-15H2,1-2H3,(H,25,29). The van der Waals surface area contributed by atoms with Crippen LogP contribution < -0.4 is 5.32 Å². The van der Waals surface area contributed by atoms with Crippen LogP contribution in [0, 0.1) is 6.92 Å². The number of carbonyl (C=O) groups is 2. The molecule has 0 bridgehead atoms. The Morgan fingerprint density at radius 1 is 1.17 bits per heavy atom. The Morgan fingerprint density at radius 3 is 2.70 bits per heavy atom. The molecule has 0 saturated heterocycles. The quantitative estimate of drug-likeness (QED) is 0.506. The van der Waals surface area contributed by atoms with Crippen LogP contribution in [0.5, 0.6) is 0 Å². The minimum absolute atomic E-state index is 0.262. The van der Waals surface area contributed by atoms with Crippen LogP contribution in [0.3, 0.4) is 0 Å². The lowest BCUT2D eigenvalue weighted by Crippen LogP contribution is -2.51. The third kappa shape index (κ3) is 3.99. The number of nitrogens with one attached hydrogen (secondary N) is 1. The third-order valence-electron chi connectivity index (χ3n) is 5.49. The first kappa shape index (κ1) is 19.9. The Bertz CT molecular complexity index is 1070. The molecule has 1 atom stereocenters. The highest BCUT2D eigenvalue weighted by Crippen LogP contribution is 2.28. The number of ether oxygens (including phenoxy) is 1. The topological polar surface area (TPSA) is 73.2 Å². The van der Waals surface area contributed by atoms with Crippen LogP contribution in [0.2, 0.25) is 0 Å². The van der Waals surface area contributed by atoms with Gasteiger partial charge in [-0.15, -0.1) is 0 Å². The fraction of sp³-hybridized carbons (Fsp3) is 0.292. The zero-order valence-corrected chi connectivity index (χ0v) is 17.2. The molecule has 0 spiro atoms. The number of hydrogen-bond acceptors (Lipinski definition) is 4. The molecule has 2 aromatic carbocycles. The van der Waals surface area contributed by atoms with Crippen molar-refractivity contribution in [2.45, 2.75) is 38.7 Å². The van der Waals surface area contributed by atoms with Crippen molar-refractivity contribution in [1.82, 2.24) is 15.1 Å². The summed E-state index contributed by atoms with van der Waals surface area (Å²) in [5.41, 5.74) is 3.35. The highest BCUT2D eigenvalue weighted by atomic mass is 16.6. The Balaban J connectivity index is 1.33. The van der Waals surface area contributed by atoms with Gasteiger partial charge in [-0.05, 0) is 56.0 Å². The van der Waals surface area contributed by atoms with Gasteiger partial charge in [-0.2, -0.15) is 5.10 Å². The molecular weight excluding hydrogens is 378 g/mol. The molecule has 2 heterocycles. The predicted octanol–water partition coefficient (Wildman–Crippen LogP) is 3.40. The molecule has 6 nitrogen and oxygen atoms in total. The van der Waals surface area contributed by atoms with Gasteiger partial charge >= 0.3 is 5.97 Å². The monoisotopic (exact) mass is 403 g/mol. The van der Waals surface area contributed by atoms with Gasteiger partial charge in [0.2, 0.25) is 0 Å². The van der Waals surface area contributed by atoms with Gasteiger partial charge in [-0.25, -0.2) is 9.48 Å². The maximum atomic E-state index is 12.7. The second-order valence-electron chi connectivity index (χ2n) is 7.83. The van der Waals surface area contributed by atoms with Crippen LogP contribution in [-0.2, 0) is 22.4 Å². The van der Waals surface area contributed by atoms with E-state index in [9.17, 15) is 9.59 Å². The normalized spacial score (nSPS) is 17.9. The Hall–Kier alpha value is -3.41. The fourth-order valence-corrected chi connectivity index (χ4v) is 3.78. The number of carbonyl (C=O) groups excluding carboxylic acids is 2. The van der Waals surface area contributed by atoms with E-state index in [4.69, 9.17) is 4.74 Å². The largest absolute Gasteiger partial charge is 0.445 e. The van der Waals surface area contributed by atoms with Crippen molar-refractivity contribution in [1.29, 1.82) is 0 Å². The number of fused-ring (bicyclic) bond motifs is 1.